The van der Waals surface area contributed by atoms with E-state index >= 15 is 0 Å². The molecule has 0 saturated carbocycles. The summed E-state index contributed by atoms with van der Waals surface area (Å²) in [7, 11) is 0. The van der Waals surface area contributed by atoms with Crippen LogP contribution in [0.5, 0.6) is 0 Å². The van der Waals surface area contributed by atoms with Crippen molar-refractivity contribution in [3.8, 4) is 33.4 Å². The minimum atomic E-state index is -0.564. The quantitative estimate of drug-likeness (QED) is 0.161. The highest BCUT2D eigenvalue weighted by molar-refractivity contribution is 6.23. The zero-order valence-electron chi connectivity index (χ0n) is 30.1. The van der Waals surface area contributed by atoms with E-state index in [2.05, 4.69) is 206 Å². The Balaban J connectivity index is 1.21. The van der Waals surface area contributed by atoms with E-state index in [1.54, 1.807) is 0 Å². The Labute approximate surface area is 319 Å². The number of hydrogen-bond donors (Lipinski definition) is 0. The van der Waals surface area contributed by atoms with Crippen LogP contribution in [0.4, 0.5) is 0 Å². The van der Waals surface area contributed by atoms with Crippen LogP contribution in [0.1, 0.15) is 22.3 Å². The van der Waals surface area contributed by atoms with E-state index in [1.165, 1.54) is 109 Å². The molecule has 0 N–H and O–H groups in total. The van der Waals surface area contributed by atoms with Gasteiger partial charge in [0, 0.05) is 0 Å². The van der Waals surface area contributed by atoms with Crippen LogP contribution in [-0.2, 0) is 5.41 Å². The summed E-state index contributed by atoms with van der Waals surface area (Å²) in [6.45, 7) is 0. The lowest BCUT2D eigenvalue weighted by atomic mass is 9.66. The van der Waals surface area contributed by atoms with Crippen molar-refractivity contribution < 1.29 is 0 Å². The Kier molecular flexibility index (Phi) is 6.36. The molecule has 0 heteroatoms. The lowest BCUT2D eigenvalue weighted by molar-refractivity contribution is 0.776. The average Bonchev–Trinajstić information content (AvgIpc) is 3.57. The SMILES string of the molecule is c1ccc(C2(c3ccccc3)c3cc(-c4cc5ccc6cccc7ccc(c4)c5c67)ccc3-c3c(-c4ccc5ccccc5c4)cc4ccccc4c32)cc1. The third-order valence-corrected chi connectivity index (χ3v) is 12.4. The summed E-state index contributed by atoms with van der Waals surface area (Å²) in [5.41, 5.74) is 12.2. The molecule has 12 rings (SSSR count). The van der Waals surface area contributed by atoms with E-state index in [-0.39, 0.29) is 0 Å². The molecular formula is C55H34. The first-order valence-corrected chi connectivity index (χ1v) is 19.2. The highest BCUT2D eigenvalue weighted by Gasteiger charge is 2.48. The zero-order chi connectivity index (χ0) is 36.1. The molecule has 0 radical (unpaired) electrons. The van der Waals surface area contributed by atoms with Crippen molar-refractivity contribution in [3.63, 3.8) is 0 Å². The van der Waals surface area contributed by atoms with Gasteiger partial charge in [-0.25, -0.2) is 0 Å². The summed E-state index contributed by atoms with van der Waals surface area (Å²) in [6.07, 6.45) is 0. The molecule has 0 fully saturated rings. The van der Waals surface area contributed by atoms with Crippen molar-refractivity contribution in [2.75, 3.05) is 0 Å². The minimum Gasteiger partial charge on any atom is -0.0622 e. The summed E-state index contributed by atoms with van der Waals surface area (Å²) < 4.78 is 0. The van der Waals surface area contributed by atoms with E-state index in [0.717, 1.165) is 0 Å². The second kappa shape index (κ2) is 11.5. The lowest BCUT2D eigenvalue weighted by Gasteiger charge is -2.35. The van der Waals surface area contributed by atoms with Crippen molar-refractivity contribution in [2.24, 2.45) is 0 Å². The predicted molar refractivity (Wildman–Crippen MR) is 233 cm³/mol. The Hall–Kier alpha value is -7.02. The smallest absolute Gasteiger partial charge is 0.0622 e. The number of hydrogen-bond acceptors (Lipinski definition) is 0. The van der Waals surface area contributed by atoms with Crippen LogP contribution in [0.15, 0.2) is 206 Å². The van der Waals surface area contributed by atoms with Crippen LogP contribution < -0.4 is 0 Å². The fourth-order valence-electron chi connectivity index (χ4n) is 10.1. The second-order valence-electron chi connectivity index (χ2n) is 15.2. The van der Waals surface area contributed by atoms with Crippen LogP contribution in [0.3, 0.4) is 0 Å². The van der Waals surface area contributed by atoms with Crippen LogP contribution in [0.25, 0.3) is 87.2 Å². The molecule has 1 aliphatic rings. The minimum absolute atomic E-state index is 0.564. The first-order chi connectivity index (χ1) is 27.3. The summed E-state index contributed by atoms with van der Waals surface area (Å²) in [5.74, 6) is 0. The molecule has 0 spiro atoms. The van der Waals surface area contributed by atoms with Crippen LogP contribution >= 0.6 is 0 Å². The summed E-state index contributed by atoms with van der Waals surface area (Å²) in [4.78, 5) is 0. The normalized spacial score (nSPS) is 13.2. The molecule has 0 aromatic heterocycles. The second-order valence-corrected chi connectivity index (χ2v) is 15.2. The zero-order valence-corrected chi connectivity index (χ0v) is 30.1. The van der Waals surface area contributed by atoms with Gasteiger partial charge in [-0.05, 0) is 140 Å². The Bertz CT molecular complexity index is 3190. The standard InChI is InChI=1S/C55H34/c1-3-17-45(18-4-1)55(46-19-5-2-6-20-46)50-34-39(44-31-42-26-23-36-15-11-16-37-24-27-43(32-44)52(42)51(36)37)28-29-48(50)53-49(33-40-14-9-10-21-47(40)54(53)55)41-25-22-35-12-7-8-13-38(35)30-41/h1-34H. The number of rotatable bonds is 4. The predicted octanol–water partition coefficient (Wildman–Crippen LogP) is 14.6. The first kappa shape index (κ1) is 30.4. The van der Waals surface area contributed by atoms with E-state index in [0.29, 0.717) is 0 Å². The maximum Gasteiger partial charge on any atom is 0.0720 e. The summed E-state index contributed by atoms with van der Waals surface area (Å²) in [5, 5.41) is 12.9. The maximum atomic E-state index is 2.52. The third kappa shape index (κ3) is 4.28. The number of benzene rings is 11. The monoisotopic (exact) mass is 694 g/mol. The fraction of sp³-hybridized carbons (Fsp3) is 0.0182. The van der Waals surface area contributed by atoms with E-state index < -0.39 is 5.41 Å². The molecule has 0 amide bonds. The molecule has 11 aromatic carbocycles. The van der Waals surface area contributed by atoms with Crippen molar-refractivity contribution in [1.82, 2.24) is 0 Å². The van der Waals surface area contributed by atoms with Gasteiger partial charge in [0.05, 0.1) is 5.41 Å². The van der Waals surface area contributed by atoms with Crippen LogP contribution in [0.2, 0.25) is 0 Å². The highest BCUT2D eigenvalue weighted by atomic mass is 14.5. The molecule has 254 valence electrons. The van der Waals surface area contributed by atoms with Crippen LogP contribution in [-0.4, -0.2) is 0 Å². The molecule has 0 heterocycles. The van der Waals surface area contributed by atoms with Gasteiger partial charge < -0.3 is 0 Å². The first-order valence-electron chi connectivity index (χ1n) is 19.2. The maximum absolute atomic E-state index is 2.52. The van der Waals surface area contributed by atoms with Crippen molar-refractivity contribution in [2.45, 2.75) is 5.41 Å². The molecular weight excluding hydrogens is 661 g/mol. The fourth-order valence-corrected chi connectivity index (χ4v) is 10.1. The van der Waals surface area contributed by atoms with Gasteiger partial charge in [0.2, 0.25) is 0 Å². The average molecular weight is 695 g/mol. The van der Waals surface area contributed by atoms with Gasteiger partial charge in [-0.3, -0.25) is 0 Å². The molecule has 1 aliphatic carbocycles. The summed E-state index contributed by atoms with van der Waals surface area (Å²) in [6, 6.07) is 77.5. The van der Waals surface area contributed by atoms with Crippen molar-refractivity contribution >= 4 is 53.9 Å². The number of fused-ring (bicyclic) bond motifs is 6. The Morgan fingerprint density at radius 3 is 1.53 bits per heavy atom. The van der Waals surface area contributed by atoms with Gasteiger partial charge in [-0.15, -0.1) is 0 Å². The molecule has 0 atom stereocenters. The lowest BCUT2D eigenvalue weighted by Crippen LogP contribution is -2.29. The van der Waals surface area contributed by atoms with Gasteiger partial charge in [-0.1, -0.05) is 176 Å². The van der Waals surface area contributed by atoms with Gasteiger partial charge in [0.1, 0.15) is 0 Å². The summed E-state index contributed by atoms with van der Waals surface area (Å²) >= 11 is 0. The Morgan fingerprint density at radius 2 is 0.818 bits per heavy atom. The highest BCUT2D eigenvalue weighted by Crippen LogP contribution is 2.61. The molecule has 0 aliphatic heterocycles. The van der Waals surface area contributed by atoms with Gasteiger partial charge in [-0.2, -0.15) is 0 Å². The molecule has 0 unspecified atom stereocenters. The van der Waals surface area contributed by atoms with Gasteiger partial charge >= 0.3 is 0 Å². The van der Waals surface area contributed by atoms with Gasteiger partial charge in [0.25, 0.3) is 0 Å². The Morgan fingerprint density at radius 1 is 0.291 bits per heavy atom. The van der Waals surface area contributed by atoms with Crippen molar-refractivity contribution in [1.29, 1.82) is 0 Å². The largest absolute Gasteiger partial charge is 0.0720 e. The van der Waals surface area contributed by atoms with E-state index in [4.69, 9.17) is 0 Å². The molecule has 0 bridgehead atoms. The van der Waals surface area contributed by atoms with E-state index in [1.807, 2.05) is 0 Å². The molecule has 55 heavy (non-hydrogen) atoms. The van der Waals surface area contributed by atoms with Crippen molar-refractivity contribution in [3.05, 3.63) is 229 Å². The van der Waals surface area contributed by atoms with Gasteiger partial charge in [0.15, 0.2) is 0 Å². The molecule has 0 nitrogen and oxygen atoms in total. The molecule has 0 saturated heterocycles. The van der Waals surface area contributed by atoms with E-state index in [9.17, 15) is 0 Å². The third-order valence-electron chi connectivity index (χ3n) is 12.4. The molecule has 11 aromatic rings. The topological polar surface area (TPSA) is 0 Å². The van der Waals surface area contributed by atoms with Crippen LogP contribution in [0, 0.1) is 0 Å².